The Morgan fingerprint density at radius 2 is 1.97 bits per heavy atom. The number of aromatic nitrogens is 3. The molecule has 150 valence electrons. The zero-order valence-corrected chi connectivity index (χ0v) is 16.5. The maximum Gasteiger partial charge on any atom is 0.251 e. The van der Waals surface area contributed by atoms with Crippen molar-refractivity contribution in [3.05, 3.63) is 65.2 Å². The molecule has 0 aliphatic carbocycles. The van der Waals surface area contributed by atoms with Gasteiger partial charge in [-0.25, -0.2) is 4.39 Å². The Hall–Kier alpha value is -3.07. The first-order valence-electron chi connectivity index (χ1n) is 9.11. The molecule has 1 aliphatic heterocycles. The van der Waals surface area contributed by atoms with Gasteiger partial charge in [-0.1, -0.05) is 23.9 Å². The SMILES string of the molecule is CCn1c(CNC(=O)c2ccc3c(c2)OCO3)nnc1SCc1ccc(F)cc1. The first kappa shape index (κ1) is 19.3. The number of amides is 1. The molecule has 2 aromatic carbocycles. The third-order valence-electron chi connectivity index (χ3n) is 4.43. The number of nitrogens with zero attached hydrogens (tertiary/aromatic N) is 3. The Bertz CT molecular complexity index is 1020. The minimum atomic E-state index is -0.254. The highest BCUT2D eigenvalue weighted by molar-refractivity contribution is 7.98. The van der Waals surface area contributed by atoms with Crippen LogP contribution in [0.3, 0.4) is 0 Å². The molecule has 0 radical (unpaired) electrons. The summed E-state index contributed by atoms with van der Waals surface area (Å²) < 4.78 is 25.6. The van der Waals surface area contributed by atoms with Crippen LogP contribution in [0.1, 0.15) is 28.7 Å². The van der Waals surface area contributed by atoms with Gasteiger partial charge in [-0.05, 0) is 42.8 Å². The lowest BCUT2D eigenvalue weighted by Gasteiger charge is -2.09. The van der Waals surface area contributed by atoms with E-state index in [0.717, 1.165) is 10.7 Å². The van der Waals surface area contributed by atoms with Gasteiger partial charge >= 0.3 is 0 Å². The lowest BCUT2D eigenvalue weighted by molar-refractivity contribution is 0.0949. The van der Waals surface area contributed by atoms with Gasteiger partial charge in [-0.2, -0.15) is 0 Å². The van der Waals surface area contributed by atoms with Gasteiger partial charge in [-0.3, -0.25) is 4.79 Å². The van der Waals surface area contributed by atoms with Crippen LogP contribution in [0.25, 0.3) is 0 Å². The summed E-state index contributed by atoms with van der Waals surface area (Å²) in [6.07, 6.45) is 0. The molecule has 0 spiro atoms. The number of nitrogens with one attached hydrogen (secondary N) is 1. The fraction of sp³-hybridized carbons (Fsp3) is 0.250. The Kier molecular flexibility index (Phi) is 5.66. The number of rotatable bonds is 7. The molecule has 1 N–H and O–H groups in total. The molecule has 7 nitrogen and oxygen atoms in total. The maximum absolute atomic E-state index is 13.0. The smallest absolute Gasteiger partial charge is 0.251 e. The highest BCUT2D eigenvalue weighted by Crippen LogP contribution is 2.32. The van der Waals surface area contributed by atoms with E-state index < -0.39 is 0 Å². The molecular formula is C20H19FN4O3S. The van der Waals surface area contributed by atoms with Crippen molar-refractivity contribution < 1.29 is 18.7 Å². The van der Waals surface area contributed by atoms with E-state index in [-0.39, 0.29) is 25.1 Å². The second kappa shape index (κ2) is 8.52. The first-order chi connectivity index (χ1) is 14.1. The average Bonchev–Trinajstić information content (AvgIpc) is 3.37. The van der Waals surface area contributed by atoms with Crippen LogP contribution in [0.2, 0.25) is 0 Å². The van der Waals surface area contributed by atoms with Crippen molar-refractivity contribution in [1.29, 1.82) is 0 Å². The fourth-order valence-electron chi connectivity index (χ4n) is 2.90. The standard InChI is InChI=1S/C20H19FN4O3S/c1-2-25-18(23-24-20(25)29-11-13-3-6-15(21)7-4-13)10-22-19(26)14-5-8-16-17(9-14)28-12-27-16/h3-9H,2,10-12H2,1H3,(H,22,26). The average molecular weight is 414 g/mol. The Morgan fingerprint density at radius 3 is 2.76 bits per heavy atom. The lowest BCUT2D eigenvalue weighted by Crippen LogP contribution is -2.24. The Morgan fingerprint density at radius 1 is 1.17 bits per heavy atom. The molecule has 0 bridgehead atoms. The molecule has 1 amide bonds. The highest BCUT2D eigenvalue weighted by atomic mass is 32.2. The van der Waals surface area contributed by atoms with Crippen LogP contribution in [0.5, 0.6) is 11.5 Å². The molecular weight excluding hydrogens is 395 g/mol. The molecule has 2 heterocycles. The van der Waals surface area contributed by atoms with Gasteiger partial charge < -0.3 is 19.4 Å². The van der Waals surface area contributed by atoms with Crippen LogP contribution in [0.4, 0.5) is 4.39 Å². The summed E-state index contributed by atoms with van der Waals surface area (Å²) in [6, 6.07) is 11.5. The fourth-order valence-corrected chi connectivity index (χ4v) is 3.88. The topological polar surface area (TPSA) is 78.3 Å². The number of carbonyl (C=O) groups is 1. The number of benzene rings is 2. The highest BCUT2D eigenvalue weighted by Gasteiger charge is 2.17. The number of carbonyl (C=O) groups excluding carboxylic acids is 1. The van der Waals surface area contributed by atoms with Crippen molar-refractivity contribution in [1.82, 2.24) is 20.1 Å². The van der Waals surface area contributed by atoms with Crippen molar-refractivity contribution in [3.63, 3.8) is 0 Å². The summed E-state index contributed by atoms with van der Waals surface area (Å²) in [7, 11) is 0. The molecule has 29 heavy (non-hydrogen) atoms. The van der Waals surface area contributed by atoms with Crippen molar-refractivity contribution in [3.8, 4) is 11.5 Å². The third kappa shape index (κ3) is 4.34. The van der Waals surface area contributed by atoms with Crippen LogP contribution in [0, 0.1) is 5.82 Å². The van der Waals surface area contributed by atoms with Gasteiger partial charge in [0.15, 0.2) is 22.5 Å². The van der Waals surface area contributed by atoms with E-state index in [1.807, 2.05) is 11.5 Å². The number of ether oxygens (including phenoxy) is 2. The first-order valence-corrected chi connectivity index (χ1v) is 10.1. The van der Waals surface area contributed by atoms with E-state index in [2.05, 4.69) is 15.5 Å². The van der Waals surface area contributed by atoms with Crippen LogP contribution in [0.15, 0.2) is 47.6 Å². The molecule has 1 aromatic heterocycles. The lowest BCUT2D eigenvalue weighted by atomic mass is 10.2. The quantitative estimate of drug-likeness (QED) is 0.597. The Labute approximate surface area is 171 Å². The molecule has 3 aromatic rings. The van der Waals surface area contributed by atoms with Crippen LogP contribution in [-0.2, 0) is 18.8 Å². The number of fused-ring (bicyclic) bond motifs is 1. The van der Waals surface area contributed by atoms with E-state index in [9.17, 15) is 9.18 Å². The largest absolute Gasteiger partial charge is 0.454 e. The number of halogens is 1. The van der Waals surface area contributed by atoms with Crippen LogP contribution in [-0.4, -0.2) is 27.5 Å². The van der Waals surface area contributed by atoms with Gasteiger partial charge in [-0.15, -0.1) is 10.2 Å². The summed E-state index contributed by atoms with van der Waals surface area (Å²) in [5.74, 6) is 2.04. The van der Waals surface area contributed by atoms with Crippen LogP contribution >= 0.6 is 11.8 Å². The molecule has 4 rings (SSSR count). The van der Waals surface area contributed by atoms with Crippen molar-refractivity contribution >= 4 is 17.7 Å². The zero-order valence-electron chi connectivity index (χ0n) is 15.7. The predicted octanol–water partition coefficient (Wildman–Crippen LogP) is 3.39. The summed E-state index contributed by atoms with van der Waals surface area (Å²) in [6.45, 7) is 3.09. The molecule has 9 heteroatoms. The number of hydrogen-bond acceptors (Lipinski definition) is 6. The molecule has 0 fully saturated rings. The number of thioether (sulfide) groups is 1. The second-order valence-electron chi connectivity index (χ2n) is 6.31. The van der Waals surface area contributed by atoms with Gasteiger partial charge in [0.1, 0.15) is 5.82 Å². The Balaban J connectivity index is 1.38. The van der Waals surface area contributed by atoms with Crippen molar-refractivity contribution in [2.45, 2.75) is 30.9 Å². The van der Waals surface area contributed by atoms with E-state index in [0.29, 0.717) is 35.2 Å². The summed E-state index contributed by atoms with van der Waals surface area (Å²) in [4.78, 5) is 12.5. The van der Waals surface area contributed by atoms with Gasteiger partial charge in [0.25, 0.3) is 5.91 Å². The molecule has 1 aliphatic rings. The minimum absolute atomic E-state index is 0.165. The van der Waals surface area contributed by atoms with E-state index in [1.54, 1.807) is 30.3 Å². The molecule has 0 saturated heterocycles. The van der Waals surface area contributed by atoms with Crippen molar-refractivity contribution in [2.24, 2.45) is 0 Å². The summed E-state index contributed by atoms with van der Waals surface area (Å²) in [5.41, 5.74) is 1.49. The molecule has 0 unspecified atom stereocenters. The minimum Gasteiger partial charge on any atom is -0.454 e. The monoisotopic (exact) mass is 414 g/mol. The third-order valence-corrected chi connectivity index (χ3v) is 5.47. The normalized spacial score (nSPS) is 12.2. The maximum atomic E-state index is 13.0. The predicted molar refractivity (Wildman–Crippen MR) is 105 cm³/mol. The zero-order chi connectivity index (χ0) is 20.2. The number of hydrogen-bond donors (Lipinski definition) is 1. The van der Waals surface area contributed by atoms with Gasteiger partial charge in [0, 0.05) is 17.9 Å². The molecule has 0 atom stereocenters. The van der Waals surface area contributed by atoms with E-state index in [4.69, 9.17) is 9.47 Å². The van der Waals surface area contributed by atoms with E-state index >= 15 is 0 Å². The molecule has 0 saturated carbocycles. The summed E-state index contributed by atoms with van der Waals surface area (Å²) >= 11 is 1.52. The van der Waals surface area contributed by atoms with Crippen LogP contribution < -0.4 is 14.8 Å². The second-order valence-corrected chi connectivity index (χ2v) is 7.25. The van der Waals surface area contributed by atoms with E-state index in [1.165, 1.54) is 23.9 Å². The van der Waals surface area contributed by atoms with Crippen molar-refractivity contribution in [2.75, 3.05) is 6.79 Å². The summed E-state index contributed by atoms with van der Waals surface area (Å²) in [5, 5.41) is 12.1. The van der Waals surface area contributed by atoms with Gasteiger partial charge in [0.2, 0.25) is 6.79 Å². The van der Waals surface area contributed by atoms with Gasteiger partial charge in [0.05, 0.1) is 6.54 Å².